The molecule has 5 rings (SSSR count). The lowest BCUT2D eigenvalue weighted by atomic mass is 9.75. The summed E-state index contributed by atoms with van der Waals surface area (Å²) in [6.45, 7) is 3.11. The molecule has 3 saturated heterocycles. The molecule has 5 heteroatoms. The summed E-state index contributed by atoms with van der Waals surface area (Å²) in [4.78, 5) is 2.42. The SMILES string of the molecule is CO[C@]1(C#CC(O)(c2ccsc2)c2ccsc2)CN2CCC1CC2. The summed E-state index contributed by atoms with van der Waals surface area (Å²) in [5, 5.41) is 19.3. The van der Waals surface area contributed by atoms with Crippen LogP contribution in [0.5, 0.6) is 0 Å². The molecule has 0 spiro atoms. The van der Waals surface area contributed by atoms with E-state index in [4.69, 9.17) is 4.74 Å². The Labute approximate surface area is 150 Å². The summed E-state index contributed by atoms with van der Waals surface area (Å²) in [7, 11) is 1.75. The van der Waals surface area contributed by atoms with E-state index in [1.165, 1.54) is 0 Å². The average Bonchev–Trinajstić information content (AvgIpc) is 3.34. The van der Waals surface area contributed by atoms with E-state index in [0.717, 1.165) is 43.6 Å². The van der Waals surface area contributed by atoms with Crippen LogP contribution in [0, 0.1) is 17.8 Å². The second-order valence-electron chi connectivity index (χ2n) is 6.63. The van der Waals surface area contributed by atoms with Crippen LogP contribution in [-0.4, -0.2) is 42.4 Å². The van der Waals surface area contributed by atoms with Gasteiger partial charge in [0.25, 0.3) is 0 Å². The maximum Gasteiger partial charge on any atom is 0.178 e. The number of fused-ring (bicyclic) bond motifs is 3. The van der Waals surface area contributed by atoms with Gasteiger partial charge >= 0.3 is 0 Å². The van der Waals surface area contributed by atoms with Gasteiger partial charge in [0, 0.05) is 30.7 Å². The highest BCUT2D eigenvalue weighted by molar-refractivity contribution is 7.08. The summed E-state index contributed by atoms with van der Waals surface area (Å²) in [6.07, 6.45) is 2.25. The van der Waals surface area contributed by atoms with Crippen molar-refractivity contribution in [1.29, 1.82) is 0 Å². The van der Waals surface area contributed by atoms with Crippen LogP contribution in [0.15, 0.2) is 33.7 Å². The van der Waals surface area contributed by atoms with Crippen LogP contribution in [0.25, 0.3) is 0 Å². The van der Waals surface area contributed by atoms with Crippen molar-refractivity contribution >= 4 is 22.7 Å². The zero-order valence-corrected chi connectivity index (χ0v) is 15.3. The van der Waals surface area contributed by atoms with Crippen LogP contribution in [0.3, 0.4) is 0 Å². The van der Waals surface area contributed by atoms with Crippen molar-refractivity contribution in [2.75, 3.05) is 26.7 Å². The Hall–Kier alpha value is -1.16. The highest BCUT2D eigenvalue weighted by Gasteiger charge is 2.46. The molecule has 0 saturated carbocycles. The predicted molar refractivity (Wildman–Crippen MR) is 98.3 cm³/mol. The van der Waals surface area contributed by atoms with Crippen LogP contribution in [0.1, 0.15) is 24.0 Å². The van der Waals surface area contributed by atoms with Gasteiger partial charge in [-0.3, -0.25) is 4.90 Å². The normalized spacial score (nSPS) is 29.2. The van der Waals surface area contributed by atoms with E-state index in [1.54, 1.807) is 29.8 Å². The van der Waals surface area contributed by atoms with Crippen LogP contribution >= 0.6 is 22.7 Å². The summed E-state index contributed by atoms with van der Waals surface area (Å²) in [5.41, 5.74) is -0.0505. The van der Waals surface area contributed by atoms with E-state index in [9.17, 15) is 5.11 Å². The van der Waals surface area contributed by atoms with Crippen LogP contribution in [0.4, 0.5) is 0 Å². The highest BCUT2D eigenvalue weighted by atomic mass is 32.1. The van der Waals surface area contributed by atoms with Crippen LogP contribution in [0.2, 0.25) is 0 Å². The van der Waals surface area contributed by atoms with Crippen molar-refractivity contribution in [3.05, 3.63) is 44.8 Å². The lowest BCUT2D eigenvalue weighted by Gasteiger charge is -2.49. The third-order valence-corrected chi connectivity index (χ3v) is 6.77. The third-order valence-electron chi connectivity index (χ3n) is 5.40. The van der Waals surface area contributed by atoms with Gasteiger partial charge in [0.15, 0.2) is 5.60 Å². The van der Waals surface area contributed by atoms with Crippen molar-refractivity contribution in [3.63, 3.8) is 0 Å². The minimum atomic E-state index is -1.27. The molecule has 0 aromatic carbocycles. The number of nitrogens with zero attached hydrogens (tertiary/aromatic N) is 1. The summed E-state index contributed by atoms with van der Waals surface area (Å²) in [6, 6.07) is 3.90. The molecule has 3 aliphatic rings. The standard InChI is InChI=1S/C19H21NO2S2/c1-22-18(14-20-8-2-15(18)3-9-20)6-7-19(21,16-4-10-23-12-16)17-5-11-24-13-17/h4-5,10-13,15,21H,2-3,8-9,14H2,1H3/t18-/m1/s1. The number of methoxy groups -OCH3 is 1. The van der Waals surface area contributed by atoms with Gasteiger partial charge in [0.1, 0.15) is 5.60 Å². The number of aliphatic hydroxyl groups is 1. The van der Waals surface area contributed by atoms with Crippen molar-refractivity contribution < 1.29 is 9.84 Å². The van der Waals surface area contributed by atoms with E-state index in [0.29, 0.717) is 5.92 Å². The molecular formula is C19H21NO2S2. The Balaban J connectivity index is 1.75. The fourth-order valence-corrected chi connectivity index (χ4v) is 5.29. The molecular weight excluding hydrogens is 338 g/mol. The molecule has 1 N–H and O–H groups in total. The Morgan fingerprint density at radius 2 is 1.83 bits per heavy atom. The third kappa shape index (κ3) is 2.63. The molecule has 5 heterocycles. The predicted octanol–water partition coefficient (Wildman–Crippen LogP) is 3.16. The zero-order chi connectivity index (χ0) is 16.6. The first-order chi connectivity index (χ1) is 11.7. The molecule has 0 unspecified atom stereocenters. The van der Waals surface area contributed by atoms with Gasteiger partial charge in [-0.15, -0.1) is 0 Å². The lowest BCUT2D eigenvalue weighted by Crippen LogP contribution is -2.59. The fraction of sp³-hybridized carbons (Fsp3) is 0.474. The van der Waals surface area contributed by atoms with Crippen LogP contribution in [-0.2, 0) is 10.3 Å². The first-order valence-corrected chi connectivity index (χ1v) is 10.1. The molecule has 0 amide bonds. The topological polar surface area (TPSA) is 32.7 Å². The second-order valence-corrected chi connectivity index (χ2v) is 8.19. The van der Waals surface area contributed by atoms with Gasteiger partial charge in [-0.1, -0.05) is 11.8 Å². The number of ether oxygens (including phenoxy) is 1. The first-order valence-electron chi connectivity index (χ1n) is 8.26. The first kappa shape index (κ1) is 16.3. The van der Waals surface area contributed by atoms with Crippen molar-refractivity contribution in [3.8, 4) is 11.8 Å². The summed E-state index contributed by atoms with van der Waals surface area (Å²) in [5.74, 6) is 7.05. The molecule has 2 aromatic rings. The van der Waals surface area contributed by atoms with Gasteiger partial charge in [-0.25, -0.2) is 0 Å². The van der Waals surface area contributed by atoms with E-state index < -0.39 is 11.2 Å². The Morgan fingerprint density at radius 3 is 2.25 bits per heavy atom. The average molecular weight is 360 g/mol. The van der Waals surface area contributed by atoms with Gasteiger partial charge in [0.2, 0.25) is 0 Å². The van der Waals surface area contributed by atoms with Gasteiger partial charge in [-0.2, -0.15) is 22.7 Å². The smallest absolute Gasteiger partial charge is 0.178 e. The van der Waals surface area contributed by atoms with Crippen molar-refractivity contribution in [2.45, 2.75) is 24.0 Å². The van der Waals surface area contributed by atoms with E-state index in [1.807, 2.05) is 33.7 Å². The molecule has 3 nitrogen and oxygen atoms in total. The quantitative estimate of drug-likeness (QED) is 0.855. The molecule has 3 aliphatic heterocycles. The number of rotatable bonds is 3. The largest absolute Gasteiger partial charge is 0.369 e. The van der Waals surface area contributed by atoms with Gasteiger partial charge < -0.3 is 9.84 Å². The zero-order valence-electron chi connectivity index (χ0n) is 13.7. The molecule has 3 fully saturated rings. The molecule has 0 radical (unpaired) electrons. The molecule has 1 atom stereocenters. The number of hydrogen-bond acceptors (Lipinski definition) is 5. The number of hydrogen-bond donors (Lipinski definition) is 1. The molecule has 0 aliphatic carbocycles. The maximum absolute atomic E-state index is 11.4. The van der Waals surface area contributed by atoms with Gasteiger partial charge in [0.05, 0.1) is 0 Å². The highest BCUT2D eigenvalue weighted by Crippen LogP contribution is 2.39. The van der Waals surface area contributed by atoms with Crippen molar-refractivity contribution in [1.82, 2.24) is 4.90 Å². The summed E-state index contributed by atoms with van der Waals surface area (Å²) >= 11 is 3.16. The lowest BCUT2D eigenvalue weighted by molar-refractivity contribution is -0.0964. The van der Waals surface area contributed by atoms with Crippen molar-refractivity contribution in [2.24, 2.45) is 5.92 Å². The Bertz CT molecular complexity index is 702. The van der Waals surface area contributed by atoms with E-state index >= 15 is 0 Å². The molecule has 24 heavy (non-hydrogen) atoms. The van der Waals surface area contributed by atoms with Gasteiger partial charge in [-0.05, 0) is 59.6 Å². The number of piperidine rings is 3. The monoisotopic (exact) mass is 359 g/mol. The van der Waals surface area contributed by atoms with E-state index in [2.05, 4.69) is 16.7 Å². The number of thiophene rings is 2. The minimum Gasteiger partial charge on any atom is -0.369 e. The Kier molecular flexibility index (Phi) is 4.27. The molecule has 2 aromatic heterocycles. The Morgan fingerprint density at radius 1 is 1.21 bits per heavy atom. The fourth-order valence-electron chi connectivity index (χ4n) is 3.89. The van der Waals surface area contributed by atoms with Crippen LogP contribution < -0.4 is 0 Å². The maximum atomic E-state index is 11.4. The summed E-state index contributed by atoms with van der Waals surface area (Å²) < 4.78 is 5.92. The molecule has 2 bridgehead atoms. The van der Waals surface area contributed by atoms with E-state index in [-0.39, 0.29) is 0 Å². The molecule has 126 valence electrons. The minimum absolute atomic E-state index is 0.453. The second kappa shape index (κ2) is 6.29.